The van der Waals surface area contributed by atoms with Crippen LogP contribution in [-0.4, -0.2) is 18.2 Å². The molecule has 0 fully saturated rings. The van der Waals surface area contributed by atoms with E-state index in [-0.39, 0.29) is 17.1 Å². The van der Waals surface area contributed by atoms with Gasteiger partial charge < -0.3 is 4.90 Å². The fourth-order valence-corrected chi connectivity index (χ4v) is 2.89. The number of ketones is 1. The zero-order chi connectivity index (χ0) is 16.6. The fourth-order valence-electron chi connectivity index (χ4n) is 2.89. The molecule has 0 bridgehead atoms. The standard InChI is InChI=1S/C20H21NO2/c1-20(2,3)15-10-8-14(9-11-15)19(23)21-13-12-18(22)16-6-4-5-7-17(16)21/h4-11H,12-13H2,1-3H3. The third-order valence-corrected chi connectivity index (χ3v) is 4.30. The maximum absolute atomic E-state index is 12.8. The number of Topliss-reactive ketones (excluding diaryl/α,β-unsaturated/α-hetero) is 1. The first kappa shape index (κ1) is 15.5. The van der Waals surface area contributed by atoms with Gasteiger partial charge in [0.1, 0.15) is 0 Å². The molecule has 118 valence electrons. The van der Waals surface area contributed by atoms with Crippen molar-refractivity contribution in [2.75, 3.05) is 11.4 Å². The first-order valence-electron chi connectivity index (χ1n) is 7.92. The quantitative estimate of drug-likeness (QED) is 0.791. The van der Waals surface area contributed by atoms with Crippen LogP contribution in [0.1, 0.15) is 53.5 Å². The summed E-state index contributed by atoms with van der Waals surface area (Å²) in [6.45, 7) is 6.89. The summed E-state index contributed by atoms with van der Waals surface area (Å²) < 4.78 is 0. The van der Waals surface area contributed by atoms with Crippen LogP contribution in [0.3, 0.4) is 0 Å². The second-order valence-electron chi connectivity index (χ2n) is 6.97. The molecule has 23 heavy (non-hydrogen) atoms. The number of carbonyl (C=O) groups excluding carboxylic acids is 2. The Morgan fingerprint density at radius 2 is 1.65 bits per heavy atom. The number of anilines is 1. The van der Waals surface area contributed by atoms with Gasteiger partial charge in [0.2, 0.25) is 0 Å². The highest BCUT2D eigenvalue weighted by molar-refractivity contribution is 6.13. The van der Waals surface area contributed by atoms with Crippen molar-refractivity contribution < 1.29 is 9.59 Å². The minimum absolute atomic E-state index is 0.0505. The third-order valence-electron chi connectivity index (χ3n) is 4.30. The van der Waals surface area contributed by atoms with Gasteiger partial charge in [-0.05, 0) is 35.2 Å². The number of rotatable bonds is 1. The Hall–Kier alpha value is -2.42. The van der Waals surface area contributed by atoms with Crippen LogP contribution in [0, 0.1) is 0 Å². The van der Waals surface area contributed by atoms with E-state index in [1.165, 1.54) is 5.56 Å². The number of nitrogens with zero attached hydrogens (tertiary/aromatic N) is 1. The maximum Gasteiger partial charge on any atom is 0.258 e. The van der Waals surface area contributed by atoms with Crippen LogP contribution in [0.2, 0.25) is 0 Å². The number of carbonyl (C=O) groups is 2. The molecule has 3 heteroatoms. The monoisotopic (exact) mass is 307 g/mol. The van der Waals surface area contributed by atoms with Crippen LogP contribution < -0.4 is 4.90 Å². The molecule has 2 aromatic carbocycles. The van der Waals surface area contributed by atoms with Crippen molar-refractivity contribution in [3.8, 4) is 0 Å². The smallest absolute Gasteiger partial charge is 0.258 e. The lowest BCUT2D eigenvalue weighted by Gasteiger charge is -2.29. The second-order valence-corrected chi connectivity index (χ2v) is 6.97. The summed E-state index contributed by atoms with van der Waals surface area (Å²) in [7, 11) is 0. The average Bonchev–Trinajstić information content (AvgIpc) is 2.54. The van der Waals surface area contributed by atoms with Gasteiger partial charge in [0.05, 0.1) is 5.69 Å². The number of hydrogen-bond donors (Lipinski definition) is 0. The van der Waals surface area contributed by atoms with E-state index in [2.05, 4.69) is 20.8 Å². The molecule has 1 aliphatic rings. The summed E-state index contributed by atoms with van der Waals surface area (Å²) in [6.07, 6.45) is 0.378. The van der Waals surface area contributed by atoms with E-state index in [0.29, 0.717) is 29.8 Å². The number of amides is 1. The van der Waals surface area contributed by atoms with Gasteiger partial charge in [-0.1, -0.05) is 45.0 Å². The van der Waals surface area contributed by atoms with Gasteiger partial charge in [-0.15, -0.1) is 0 Å². The summed E-state index contributed by atoms with van der Waals surface area (Å²) in [5, 5.41) is 0. The number of hydrogen-bond acceptors (Lipinski definition) is 2. The molecule has 1 aliphatic heterocycles. The minimum Gasteiger partial charge on any atom is -0.307 e. The van der Waals surface area contributed by atoms with Crippen LogP contribution >= 0.6 is 0 Å². The van der Waals surface area contributed by atoms with Gasteiger partial charge in [-0.3, -0.25) is 9.59 Å². The third kappa shape index (κ3) is 2.91. The first-order valence-corrected chi connectivity index (χ1v) is 7.92. The van der Waals surface area contributed by atoms with E-state index < -0.39 is 0 Å². The molecule has 0 saturated heterocycles. The zero-order valence-electron chi connectivity index (χ0n) is 13.8. The number of fused-ring (bicyclic) bond motifs is 1. The molecular formula is C20H21NO2. The Morgan fingerprint density at radius 1 is 1.00 bits per heavy atom. The highest BCUT2D eigenvalue weighted by Crippen LogP contribution is 2.29. The summed E-state index contributed by atoms with van der Waals surface area (Å²) in [4.78, 5) is 26.6. The normalized spacial score (nSPS) is 14.6. The number of benzene rings is 2. The van der Waals surface area contributed by atoms with Crippen LogP contribution in [0.25, 0.3) is 0 Å². The minimum atomic E-state index is -0.0505. The Morgan fingerprint density at radius 3 is 2.30 bits per heavy atom. The van der Waals surface area contributed by atoms with Crippen molar-refractivity contribution in [1.82, 2.24) is 0 Å². The van der Waals surface area contributed by atoms with E-state index in [1.54, 1.807) is 11.0 Å². The van der Waals surface area contributed by atoms with Crippen LogP contribution in [-0.2, 0) is 5.41 Å². The molecular weight excluding hydrogens is 286 g/mol. The summed E-state index contributed by atoms with van der Waals surface area (Å²) >= 11 is 0. The van der Waals surface area contributed by atoms with E-state index >= 15 is 0 Å². The predicted molar refractivity (Wildman–Crippen MR) is 92.2 cm³/mol. The Kier molecular flexibility index (Phi) is 3.80. The molecule has 0 saturated carbocycles. The molecule has 1 heterocycles. The fraction of sp³-hybridized carbons (Fsp3) is 0.300. The Balaban J connectivity index is 1.92. The average molecular weight is 307 g/mol. The zero-order valence-corrected chi connectivity index (χ0v) is 13.8. The lowest BCUT2D eigenvalue weighted by Crippen LogP contribution is -2.37. The van der Waals surface area contributed by atoms with Gasteiger partial charge >= 0.3 is 0 Å². The molecule has 1 amide bonds. The highest BCUT2D eigenvalue weighted by atomic mass is 16.2. The van der Waals surface area contributed by atoms with Crippen LogP contribution in [0.5, 0.6) is 0 Å². The molecule has 0 N–H and O–H groups in total. The van der Waals surface area contributed by atoms with Gasteiger partial charge in [-0.25, -0.2) is 0 Å². The summed E-state index contributed by atoms with van der Waals surface area (Å²) in [5.74, 6) is 0.0538. The van der Waals surface area contributed by atoms with Gasteiger partial charge in [0.25, 0.3) is 5.91 Å². The Bertz CT molecular complexity index is 754. The topological polar surface area (TPSA) is 37.4 Å². The highest BCUT2D eigenvalue weighted by Gasteiger charge is 2.27. The molecule has 0 aromatic heterocycles. The maximum atomic E-state index is 12.8. The molecule has 0 radical (unpaired) electrons. The van der Waals surface area contributed by atoms with E-state index in [0.717, 1.165) is 0 Å². The van der Waals surface area contributed by atoms with Gasteiger partial charge in [0, 0.05) is 24.1 Å². The molecule has 2 aromatic rings. The molecule has 0 atom stereocenters. The first-order chi connectivity index (χ1) is 10.9. The van der Waals surface area contributed by atoms with Crippen molar-refractivity contribution >= 4 is 17.4 Å². The summed E-state index contributed by atoms with van der Waals surface area (Å²) in [5.41, 5.74) is 3.27. The van der Waals surface area contributed by atoms with Crippen molar-refractivity contribution in [1.29, 1.82) is 0 Å². The lowest BCUT2D eigenvalue weighted by atomic mass is 9.86. The van der Waals surface area contributed by atoms with Crippen molar-refractivity contribution in [3.63, 3.8) is 0 Å². The van der Waals surface area contributed by atoms with E-state index in [9.17, 15) is 9.59 Å². The van der Waals surface area contributed by atoms with Crippen molar-refractivity contribution in [2.45, 2.75) is 32.6 Å². The second kappa shape index (κ2) is 5.65. The molecule has 0 unspecified atom stereocenters. The van der Waals surface area contributed by atoms with E-state index in [1.807, 2.05) is 42.5 Å². The molecule has 0 spiro atoms. The van der Waals surface area contributed by atoms with Gasteiger partial charge in [-0.2, -0.15) is 0 Å². The van der Waals surface area contributed by atoms with Gasteiger partial charge in [0.15, 0.2) is 5.78 Å². The summed E-state index contributed by atoms with van der Waals surface area (Å²) in [6, 6.07) is 15.1. The Labute approximate surface area is 136 Å². The largest absolute Gasteiger partial charge is 0.307 e. The van der Waals surface area contributed by atoms with Crippen molar-refractivity contribution in [2.24, 2.45) is 0 Å². The van der Waals surface area contributed by atoms with Crippen LogP contribution in [0.15, 0.2) is 48.5 Å². The van der Waals surface area contributed by atoms with Crippen LogP contribution in [0.4, 0.5) is 5.69 Å². The van der Waals surface area contributed by atoms with Crippen molar-refractivity contribution in [3.05, 3.63) is 65.2 Å². The van der Waals surface area contributed by atoms with E-state index in [4.69, 9.17) is 0 Å². The predicted octanol–water partition coefficient (Wildman–Crippen LogP) is 4.22. The SMILES string of the molecule is CC(C)(C)c1ccc(C(=O)N2CCC(=O)c3ccccc32)cc1. The molecule has 3 nitrogen and oxygen atoms in total. The molecule has 3 rings (SSSR count). The molecule has 0 aliphatic carbocycles. The number of para-hydroxylation sites is 1. The lowest BCUT2D eigenvalue weighted by molar-refractivity contribution is 0.0955.